The van der Waals surface area contributed by atoms with Crippen LogP contribution < -0.4 is 4.74 Å². The van der Waals surface area contributed by atoms with Crippen molar-refractivity contribution in [3.63, 3.8) is 0 Å². The molecule has 230 valence electrons. The first-order valence-electron chi connectivity index (χ1n) is 13.0. The van der Waals surface area contributed by atoms with E-state index in [4.69, 9.17) is 30.9 Å². The number of benzene rings is 4. The summed E-state index contributed by atoms with van der Waals surface area (Å²) in [5.74, 6) is -0.299. The maximum atomic E-state index is 14.3. The Hall–Kier alpha value is -3.64. The molecule has 9 nitrogen and oxygen atoms in total. The van der Waals surface area contributed by atoms with Crippen molar-refractivity contribution in [1.29, 1.82) is 0 Å². The van der Waals surface area contributed by atoms with Gasteiger partial charge in [0.25, 0.3) is 0 Å². The summed E-state index contributed by atoms with van der Waals surface area (Å²) in [6.07, 6.45) is 0. The fraction of sp³-hybridized carbons (Fsp3) is 0.167. The van der Waals surface area contributed by atoms with Gasteiger partial charge >= 0.3 is 19.2 Å². The van der Waals surface area contributed by atoms with Gasteiger partial charge in [0.2, 0.25) is 10.0 Å². The highest BCUT2D eigenvalue weighted by atomic mass is 35.5. The number of sulfonamides is 1. The van der Waals surface area contributed by atoms with E-state index in [0.29, 0.717) is 11.1 Å². The molecule has 0 aliphatic carbocycles. The summed E-state index contributed by atoms with van der Waals surface area (Å²) >= 11 is 6.02. The Kier molecular flexibility index (Phi) is 8.69. The van der Waals surface area contributed by atoms with Crippen molar-refractivity contribution in [2.45, 2.75) is 30.3 Å². The van der Waals surface area contributed by atoms with Gasteiger partial charge in [-0.05, 0) is 46.5 Å². The minimum Gasteiger partial charge on any atom is -0.495 e. The summed E-state index contributed by atoms with van der Waals surface area (Å²) in [6.45, 7) is -0.240. The number of ether oxygens (including phenoxy) is 2. The molecular weight excluding hydrogens is 639 g/mol. The predicted octanol–water partition coefficient (Wildman–Crippen LogP) is 6.30. The Bertz CT molecular complexity index is 1900. The Labute approximate surface area is 256 Å². The van der Waals surface area contributed by atoms with Gasteiger partial charge in [-0.3, -0.25) is 4.57 Å². The average molecular weight is 664 g/mol. The van der Waals surface area contributed by atoms with Gasteiger partial charge < -0.3 is 19.3 Å². The molecule has 4 aromatic carbocycles. The zero-order valence-corrected chi connectivity index (χ0v) is 25.5. The Morgan fingerprint density at radius 2 is 1.59 bits per heavy atom. The molecule has 5 rings (SSSR count). The lowest BCUT2D eigenvalue weighted by atomic mass is 9.99. The van der Waals surface area contributed by atoms with E-state index in [-0.39, 0.29) is 35.9 Å². The molecule has 44 heavy (non-hydrogen) atoms. The van der Waals surface area contributed by atoms with Crippen LogP contribution in [0.3, 0.4) is 0 Å². The third-order valence-electron chi connectivity index (χ3n) is 7.10. The molecule has 0 radical (unpaired) electrons. The van der Waals surface area contributed by atoms with Crippen LogP contribution in [-0.4, -0.2) is 35.6 Å². The second-order valence-corrected chi connectivity index (χ2v) is 13.9. The molecular formula is C30H25ClF2NO8PS. The number of nitrogens with zero attached hydrogens (tertiary/aromatic N) is 1. The Balaban J connectivity index is 1.48. The van der Waals surface area contributed by atoms with Gasteiger partial charge in [-0.25, -0.2) is 13.2 Å². The molecule has 0 atom stereocenters. The topological polar surface area (TPSA) is 130 Å². The van der Waals surface area contributed by atoms with Crippen molar-refractivity contribution in [1.82, 2.24) is 4.31 Å². The molecule has 1 aliphatic rings. The molecule has 0 unspecified atom stereocenters. The van der Waals surface area contributed by atoms with Gasteiger partial charge in [0.1, 0.15) is 17.3 Å². The van der Waals surface area contributed by atoms with E-state index in [2.05, 4.69) is 0 Å². The SMILES string of the molecule is COc1ccccc1S(=O)(=O)N(Cc1ccc(-c2ccc3c(c2)C(=O)OC3)cc1)Cc1ccc(C(F)(F)P(=O)(O)O)c(Cl)c1. The average Bonchev–Trinajstić information content (AvgIpc) is 3.36. The Morgan fingerprint density at radius 3 is 2.25 bits per heavy atom. The van der Waals surface area contributed by atoms with Crippen LogP contribution in [0.15, 0.2) is 89.8 Å². The third-order valence-corrected chi connectivity index (χ3v) is 10.2. The molecule has 0 bridgehead atoms. The summed E-state index contributed by atoms with van der Waals surface area (Å²) in [6, 6.07) is 21.4. The second-order valence-electron chi connectivity index (χ2n) is 9.97. The maximum Gasteiger partial charge on any atom is 0.399 e. The zero-order chi connectivity index (χ0) is 31.9. The number of hydrogen-bond acceptors (Lipinski definition) is 6. The quantitative estimate of drug-likeness (QED) is 0.149. The number of hydrogen-bond donors (Lipinski definition) is 2. The molecule has 0 amide bonds. The van der Waals surface area contributed by atoms with Gasteiger partial charge in [0.05, 0.1) is 23.3 Å². The molecule has 0 saturated heterocycles. The smallest absolute Gasteiger partial charge is 0.399 e. The number of carbonyl (C=O) groups excluding carboxylic acids is 1. The fourth-order valence-corrected chi connectivity index (χ4v) is 7.23. The largest absolute Gasteiger partial charge is 0.495 e. The fourth-order valence-electron chi connectivity index (χ4n) is 4.76. The van der Waals surface area contributed by atoms with Gasteiger partial charge in [-0.2, -0.15) is 13.1 Å². The first-order valence-corrected chi connectivity index (χ1v) is 16.4. The number of alkyl halides is 2. The van der Waals surface area contributed by atoms with Crippen LogP contribution in [0.2, 0.25) is 5.02 Å². The number of fused-ring (bicyclic) bond motifs is 1. The first-order chi connectivity index (χ1) is 20.7. The van der Waals surface area contributed by atoms with Crippen molar-refractivity contribution < 1.29 is 45.8 Å². The van der Waals surface area contributed by atoms with E-state index < -0.39 is 39.8 Å². The molecule has 4 aromatic rings. The summed E-state index contributed by atoms with van der Waals surface area (Å²) in [4.78, 5) is 30.1. The maximum absolute atomic E-state index is 14.3. The van der Waals surface area contributed by atoms with E-state index in [1.165, 1.54) is 25.3 Å². The lowest BCUT2D eigenvalue weighted by Crippen LogP contribution is -2.30. The molecule has 14 heteroatoms. The standard InChI is InChI=1S/C30H25ClF2NO8PS/c1-41-27-4-2-3-5-28(27)44(39,40)34(17-20-8-13-25(26(31)14-20)30(32,33)43(36,37)38)16-19-6-9-21(10-7-19)22-11-12-23-18-42-29(35)24(23)15-22/h2-15H,16-18H2,1H3,(H2,36,37,38). The first kappa shape index (κ1) is 31.8. The monoisotopic (exact) mass is 663 g/mol. The van der Waals surface area contributed by atoms with Gasteiger partial charge in [-0.1, -0.05) is 72.3 Å². The molecule has 1 heterocycles. The molecule has 2 N–H and O–H groups in total. The number of methoxy groups -OCH3 is 1. The minimum absolute atomic E-state index is 0.0950. The summed E-state index contributed by atoms with van der Waals surface area (Å²) in [5.41, 5.74) is -1.99. The number of carbonyl (C=O) groups is 1. The highest BCUT2D eigenvalue weighted by molar-refractivity contribution is 7.89. The number of cyclic esters (lactones) is 1. The van der Waals surface area contributed by atoms with Crippen LogP contribution >= 0.6 is 19.2 Å². The van der Waals surface area contributed by atoms with Crippen LogP contribution in [0.25, 0.3) is 11.1 Å². The summed E-state index contributed by atoms with van der Waals surface area (Å²) in [5, 5.41) is -0.631. The van der Waals surface area contributed by atoms with Gasteiger partial charge in [-0.15, -0.1) is 0 Å². The normalized spacial score (nSPS) is 13.6. The van der Waals surface area contributed by atoms with Crippen LogP contribution in [-0.2, 0) is 44.7 Å². The highest BCUT2D eigenvalue weighted by Gasteiger charge is 2.51. The lowest BCUT2D eigenvalue weighted by Gasteiger charge is -2.24. The van der Waals surface area contributed by atoms with E-state index >= 15 is 0 Å². The number of para-hydroxylation sites is 1. The summed E-state index contributed by atoms with van der Waals surface area (Å²) < 4.78 is 79.4. The van der Waals surface area contributed by atoms with E-state index in [0.717, 1.165) is 39.2 Å². The third kappa shape index (κ3) is 6.14. The molecule has 0 aromatic heterocycles. The molecule has 0 saturated carbocycles. The van der Waals surface area contributed by atoms with Crippen LogP contribution in [0, 0.1) is 0 Å². The van der Waals surface area contributed by atoms with Crippen molar-refractivity contribution in [3.05, 3.63) is 118 Å². The van der Waals surface area contributed by atoms with E-state index in [1.54, 1.807) is 36.4 Å². The number of halogens is 3. The van der Waals surface area contributed by atoms with Crippen LogP contribution in [0.5, 0.6) is 5.75 Å². The van der Waals surface area contributed by atoms with Crippen molar-refractivity contribution in [2.24, 2.45) is 0 Å². The second kappa shape index (κ2) is 12.0. The van der Waals surface area contributed by atoms with Crippen LogP contribution in [0.4, 0.5) is 8.78 Å². The molecule has 0 spiro atoms. The predicted molar refractivity (Wildman–Crippen MR) is 158 cm³/mol. The number of rotatable bonds is 10. The van der Waals surface area contributed by atoms with E-state index in [1.807, 2.05) is 12.1 Å². The highest BCUT2D eigenvalue weighted by Crippen LogP contribution is 2.60. The number of esters is 1. The minimum atomic E-state index is -5.88. The molecule has 0 fully saturated rings. The summed E-state index contributed by atoms with van der Waals surface area (Å²) in [7, 11) is -8.80. The molecule has 1 aliphatic heterocycles. The zero-order valence-electron chi connectivity index (χ0n) is 23.0. The lowest BCUT2D eigenvalue weighted by molar-refractivity contribution is 0.0535. The van der Waals surface area contributed by atoms with Crippen molar-refractivity contribution in [3.8, 4) is 16.9 Å². The van der Waals surface area contributed by atoms with Crippen molar-refractivity contribution >= 4 is 35.2 Å². The van der Waals surface area contributed by atoms with E-state index in [9.17, 15) is 26.6 Å². The van der Waals surface area contributed by atoms with Gasteiger partial charge in [0, 0.05) is 18.7 Å². The van der Waals surface area contributed by atoms with Gasteiger partial charge in [0.15, 0.2) is 0 Å². The van der Waals surface area contributed by atoms with Crippen LogP contribution in [0.1, 0.15) is 32.6 Å². The van der Waals surface area contributed by atoms with Crippen molar-refractivity contribution in [2.75, 3.05) is 7.11 Å². The Morgan fingerprint density at radius 1 is 0.955 bits per heavy atom.